The lowest BCUT2D eigenvalue weighted by Crippen LogP contribution is -2.19. The monoisotopic (exact) mass is 359 g/mol. The summed E-state index contributed by atoms with van der Waals surface area (Å²) in [6.45, 7) is 1.67. The largest absolute Gasteiger partial charge is 0.355 e. The molecule has 0 atom stereocenters. The summed E-state index contributed by atoms with van der Waals surface area (Å²) in [4.78, 5) is 15.5. The third-order valence-electron chi connectivity index (χ3n) is 4.41. The molecule has 4 rings (SSSR count). The number of hydrogen-bond acceptors (Lipinski definition) is 1. The van der Waals surface area contributed by atoms with Gasteiger partial charge in [0.05, 0.1) is 0 Å². The fraction of sp³-hybridized carbons (Fsp3) is 0.0455. The lowest BCUT2D eigenvalue weighted by Gasteiger charge is -2.09. The van der Waals surface area contributed by atoms with Gasteiger partial charge < -0.3 is 15.6 Å². The average molecular weight is 359 g/mol. The quantitative estimate of drug-likeness (QED) is 0.417. The molecule has 0 bridgehead atoms. The van der Waals surface area contributed by atoms with Crippen LogP contribution in [-0.4, -0.2) is 11.0 Å². The van der Waals surface area contributed by atoms with Crippen molar-refractivity contribution in [3.63, 3.8) is 0 Å². The first-order valence-electron chi connectivity index (χ1n) is 8.61. The minimum atomic E-state index is -0.420. The molecule has 0 fully saturated rings. The van der Waals surface area contributed by atoms with Crippen molar-refractivity contribution in [1.82, 2.24) is 4.98 Å². The number of fused-ring (bicyclic) bond motifs is 1. The summed E-state index contributed by atoms with van der Waals surface area (Å²) >= 11 is 0. The number of anilines is 2. The Bertz CT molecular complexity index is 1080. The lowest BCUT2D eigenvalue weighted by molar-refractivity contribution is 0.262. The smallest absolute Gasteiger partial charge is 0.323 e. The molecule has 4 aromatic rings. The van der Waals surface area contributed by atoms with Gasteiger partial charge in [0.15, 0.2) is 0 Å². The van der Waals surface area contributed by atoms with E-state index in [-0.39, 0.29) is 5.82 Å². The van der Waals surface area contributed by atoms with Crippen LogP contribution in [0.25, 0.3) is 22.2 Å². The number of amides is 2. The van der Waals surface area contributed by atoms with E-state index in [0.717, 1.165) is 22.2 Å². The zero-order chi connectivity index (χ0) is 18.8. The molecule has 27 heavy (non-hydrogen) atoms. The number of halogens is 1. The zero-order valence-corrected chi connectivity index (χ0v) is 14.7. The Kier molecular flexibility index (Phi) is 4.34. The molecule has 4 nitrogen and oxygen atoms in total. The van der Waals surface area contributed by atoms with E-state index in [9.17, 15) is 9.18 Å². The third kappa shape index (κ3) is 3.67. The predicted octanol–water partition coefficient (Wildman–Crippen LogP) is 5.93. The molecular formula is C22H18FN3O. The molecule has 0 saturated carbocycles. The van der Waals surface area contributed by atoms with Gasteiger partial charge in [-0.3, -0.25) is 0 Å². The number of aromatic nitrogens is 1. The minimum absolute atomic E-state index is 0.351. The van der Waals surface area contributed by atoms with Crippen LogP contribution in [0.5, 0.6) is 0 Å². The number of hydrogen-bond donors (Lipinski definition) is 3. The van der Waals surface area contributed by atoms with E-state index in [1.807, 2.05) is 42.5 Å². The van der Waals surface area contributed by atoms with E-state index in [1.165, 1.54) is 6.07 Å². The zero-order valence-electron chi connectivity index (χ0n) is 14.7. The van der Waals surface area contributed by atoms with Gasteiger partial charge in [-0.1, -0.05) is 36.4 Å². The van der Waals surface area contributed by atoms with Crippen LogP contribution in [0.1, 0.15) is 5.56 Å². The van der Waals surface area contributed by atoms with E-state index in [4.69, 9.17) is 0 Å². The van der Waals surface area contributed by atoms with Crippen LogP contribution < -0.4 is 10.6 Å². The van der Waals surface area contributed by atoms with Crippen LogP contribution in [0.15, 0.2) is 72.8 Å². The van der Waals surface area contributed by atoms with Crippen molar-refractivity contribution in [2.24, 2.45) is 0 Å². The molecule has 0 radical (unpaired) electrons. The average Bonchev–Trinajstić information content (AvgIpc) is 3.09. The number of aryl methyl sites for hydroxylation is 1. The highest BCUT2D eigenvalue weighted by molar-refractivity contribution is 6.00. The van der Waals surface area contributed by atoms with E-state index in [0.29, 0.717) is 16.9 Å². The molecule has 0 unspecified atom stereocenters. The van der Waals surface area contributed by atoms with Gasteiger partial charge in [-0.05, 0) is 54.4 Å². The lowest BCUT2D eigenvalue weighted by atomic mass is 10.1. The molecule has 3 N–H and O–H groups in total. The van der Waals surface area contributed by atoms with Gasteiger partial charge in [0.1, 0.15) is 5.82 Å². The van der Waals surface area contributed by atoms with Gasteiger partial charge in [0.2, 0.25) is 0 Å². The second-order valence-electron chi connectivity index (χ2n) is 6.39. The highest BCUT2D eigenvalue weighted by atomic mass is 19.1. The molecule has 0 spiro atoms. The summed E-state index contributed by atoms with van der Waals surface area (Å²) in [7, 11) is 0. The molecule has 3 aromatic carbocycles. The number of aromatic amines is 1. The van der Waals surface area contributed by atoms with Crippen LogP contribution in [0.3, 0.4) is 0 Å². The summed E-state index contributed by atoms with van der Waals surface area (Å²) in [5.74, 6) is -0.351. The molecule has 2 amide bonds. The summed E-state index contributed by atoms with van der Waals surface area (Å²) in [6, 6.07) is 21.9. The normalized spacial score (nSPS) is 10.7. The molecule has 0 aliphatic carbocycles. The molecule has 1 heterocycles. The van der Waals surface area contributed by atoms with Gasteiger partial charge in [0.25, 0.3) is 0 Å². The Morgan fingerprint density at radius 2 is 1.59 bits per heavy atom. The number of rotatable bonds is 3. The number of carbonyl (C=O) groups excluding carboxylic acids is 1. The van der Waals surface area contributed by atoms with Crippen molar-refractivity contribution in [2.75, 3.05) is 10.6 Å². The summed E-state index contributed by atoms with van der Waals surface area (Å²) in [5, 5.41) is 6.53. The first kappa shape index (κ1) is 16.8. The maximum Gasteiger partial charge on any atom is 0.323 e. The number of urea groups is 1. The summed E-state index contributed by atoms with van der Waals surface area (Å²) in [6.07, 6.45) is 0. The van der Waals surface area contributed by atoms with Gasteiger partial charge in [-0.2, -0.15) is 0 Å². The molecule has 1 aromatic heterocycles. The van der Waals surface area contributed by atoms with E-state index >= 15 is 0 Å². The number of nitrogens with one attached hydrogen (secondary N) is 3. The molecule has 0 aliphatic rings. The van der Waals surface area contributed by atoms with E-state index in [2.05, 4.69) is 27.8 Å². The Balaban J connectivity index is 1.45. The van der Waals surface area contributed by atoms with Crippen LogP contribution in [0, 0.1) is 12.7 Å². The van der Waals surface area contributed by atoms with Crippen molar-refractivity contribution in [2.45, 2.75) is 6.92 Å². The second-order valence-corrected chi connectivity index (χ2v) is 6.39. The van der Waals surface area contributed by atoms with Crippen LogP contribution in [0.2, 0.25) is 0 Å². The first-order chi connectivity index (χ1) is 13.1. The van der Waals surface area contributed by atoms with Crippen molar-refractivity contribution in [3.8, 4) is 11.3 Å². The molecule has 0 saturated heterocycles. The molecule has 134 valence electrons. The molecule has 5 heteroatoms. The predicted molar refractivity (Wildman–Crippen MR) is 108 cm³/mol. The van der Waals surface area contributed by atoms with Crippen molar-refractivity contribution >= 4 is 28.3 Å². The van der Waals surface area contributed by atoms with Crippen LogP contribution >= 0.6 is 0 Å². The Labute approximate surface area is 156 Å². The Morgan fingerprint density at radius 3 is 2.33 bits per heavy atom. The highest BCUT2D eigenvalue weighted by Gasteiger charge is 2.06. The number of benzene rings is 3. The van der Waals surface area contributed by atoms with Gasteiger partial charge in [-0.15, -0.1) is 0 Å². The number of para-hydroxylation sites is 1. The SMILES string of the molecule is Cc1ccc(NC(=O)Nc2ccc(-c3cc4ccccc4[nH]3)cc2)cc1F. The topological polar surface area (TPSA) is 56.9 Å². The maximum absolute atomic E-state index is 13.6. The van der Waals surface area contributed by atoms with Gasteiger partial charge >= 0.3 is 6.03 Å². The second kappa shape index (κ2) is 6.96. The van der Waals surface area contributed by atoms with Crippen LogP contribution in [-0.2, 0) is 0 Å². The molecule has 0 aliphatic heterocycles. The Hall–Kier alpha value is -3.60. The maximum atomic E-state index is 13.6. The van der Waals surface area contributed by atoms with Crippen LogP contribution in [0.4, 0.5) is 20.6 Å². The Morgan fingerprint density at radius 1 is 0.889 bits per heavy atom. The summed E-state index contributed by atoms with van der Waals surface area (Å²) < 4.78 is 13.6. The first-order valence-corrected chi connectivity index (χ1v) is 8.61. The summed E-state index contributed by atoms with van der Waals surface area (Å²) in [5.41, 5.74) is 4.72. The number of H-pyrrole nitrogens is 1. The van der Waals surface area contributed by atoms with Crippen molar-refractivity contribution in [3.05, 3.63) is 84.2 Å². The molecular weight excluding hydrogens is 341 g/mol. The fourth-order valence-electron chi connectivity index (χ4n) is 2.93. The third-order valence-corrected chi connectivity index (χ3v) is 4.41. The van der Waals surface area contributed by atoms with E-state index < -0.39 is 6.03 Å². The standard InChI is InChI=1S/C22H18FN3O/c1-14-6-9-18(13-19(14)23)25-22(27)24-17-10-7-15(8-11-17)21-12-16-4-2-3-5-20(16)26-21/h2-13,26H,1H3,(H2,24,25,27). The number of carbonyl (C=O) groups is 1. The fourth-order valence-corrected chi connectivity index (χ4v) is 2.93. The van der Waals surface area contributed by atoms with Crippen molar-refractivity contribution in [1.29, 1.82) is 0 Å². The van der Waals surface area contributed by atoms with Gasteiger partial charge in [0, 0.05) is 28.0 Å². The van der Waals surface area contributed by atoms with Gasteiger partial charge in [-0.25, -0.2) is 9.18 Å². The van der Waals surface area contributed by atoms with E-state index in [1.54, 1.807) is 19.1 Å². The van der Waals surface area contributed by atoms with Crippen molar-refractivity contribution < 1.29 is 9.18 Å². The highest BCUT2D eigenvalue weighted by Crippen LogP contribution is 2.25. The minimum Gasteiger partial charge on any atom is -0.355 e.